The van der Waals surface area contributed by atoms with Crippen molar-refractivity contribution in [2.45, 2.75) is 45.4 Å². The Balaban J connectivity index is 1.71. The molecule has 0 saturated carbocycles. The van der Waals surface area contributed by atoms with Crippen LogP contribution in [0, 0.1) is 0 Å². The van der Waals surface area contributed by atoms with Gasteiger partial charge in [0.2, 0.25) is 0 Å². The van der Waals surface area contributed by atoms with Gasteiger partial charge in [0.15, 0.2) is 5.11 Å². The van der Waals surface area contributed by atoms with Gasteiger partial charge >= 0.3 is 6.18 Å². The van der Waals surface area contributed by atoms with Crippen LogP contribution in [0.2, 0.25) is 0 Å². The number of thiocarbonyl (C=S) groups is 1. The molecule has 5 nitrogen and oxygen atoms in total. The van der Waals surface area contributed by atoms with Gasteiger partial charge in [-0.25, -0.2) is 0 Å². The summed E-state index contributed by atoms with van der Waals surface area (Å²) in [6.07, 6.45) is -1.62. The summed E-state index contributed by atoms with van der Waals surface area (Å²) in [7, 11) is 0. The third kappa shape index (κ3) is 6.12. The molecular weight excluding hydrogens is 439 g/mol. The van der Waals surface area contributed by atoms with Gasteiger partial charge in [0.05, 0.1) is 23.0 Å². The lowest BCUT2D eigenvalue weighted by Gasteiger charge is -2.23. The van der Waals surface area contributed by atoms with Gasteiger partial charge in [0.25, 0.3) is 5.91 Å². The van der Waals surface area contributed by atoms with Crippen molar-refractivity contribution < 1.29 is 22.7 Å². The minimum Gasteiger partial charge on any atom is -0.491 e. The van der Waals surface area contributed by atoms with E-state index in [1.165, 1.54) is 6.07 Å². The summed E-state index contributed by atoms with van der Waals surface area (Å²) in [6, 6.07) is 10.1. The Morgan fingerprint density at radius 3 is 2.41 bits per heavy atom. The molecule has 1 atom stereocenters. The fraction of sp³-hybridized carbons (Fsp3) is 0.391. The fourth-order valence-electron chi connectivity index (χ4n) is 3.38. The number of alkyl halides is 3. The van der Waals surface area contributed by atoms with E-state index in [2.05, 4.69) is 10.6 Å². The number of carbonyl (C=O) groups excluding carboxylic acids is 1. The summed E-state index contributed by atoms with van der Waals surface area (Å²) in [4.78, 5) is 14.5. The van der Waals surface area contributed by atoms with Crippen LogP contribution >= 0.6 is 12.2 Å². The first kappa shape index (κ1) is 23.8. The first-order valence-electron chi connectivity index (χ1n) is 10.5. The maximum absolute atomic E-state index is 13.2. The molecule has 1 heterocycles. The van der Waals surface area contributed by atoms with Crippen LogP contribution in [0.3, 0.4) is 0 Å². The normalized spacial score (nSPS) is 14.7. The Bertz CT molecular complexity index is 958. The van der Waals surface area contributed by atoms with Gasteiger partial charge in [0, 0.05) is 18.7 Å². The molecule has 1 fully saturated rings. The summed E-state index contributed by atoms with van der Waals surface area (Å²) in [5, 5.41) is 5.24. The van der Waals surface area contributed by atoms with Crippen molar-refractivity contribution in [1.29, 1.82) is 0 Å². The van der Waals surface area contributed by atoms with E-state index in [0.717, 1.165) is 44.5 Å². The van der Waals surface area contributed by atoms with Crippen LogP contribution < -0.4 is 20.3 Å². The molecule has 1 amide bonds. The summed E-state index contributed by atoms with van der Waals surface area (Å²) in [5.41, 5.74) is 0.409. The molecule has 2 N–H and O–H groups in total. The van der Waals surface area contributed by atoms with Crippen molar-refractivity contribution in [1.82, 2.24) is 5.32 Å². The predicted molar refractivity (Wildman–Crippen MR) is 123 cm³/mol. The van der Waals surface area contributed by atoms with E-state index in [1.807, 2.05) is 18.7 Å². The van der Waals surface area contributed by atoms with Gasteiger partial charge < -0.3 is 15.0 Å². The average Bonchev–Trinajstić information content (AvgIpc) is 3.28. The molecule has 1 saturated heterocycles. The number of amides is 1. The number of rotatable bonds is 6. The highest BCUT2D eigenvalue weighted by Crippen LogP contribution is 2.36. The zero-order chi connectivity index (χ0) is 23.3. The minimum atomic E-state index is -4.48. The van der Waals surface area contributed by atoms with Crippen LogP contribution in [0.4, 0.5) is 24.5 Å². The fourth-order valence-corrected chi connectivity index (χ4v) is 3.58. The lowest BCUT2D eigenvalue weighted by atomic mass is 10.1. The topological polar surface area (TPSA) is 53.6 Å². The molecule has 3 rings (SSSR count). The van der Waals surface area contributed by atoms with Crippen LogP contribution in [-0.2, 0) is 6.18 Å². The molecule has 0 spiro atoms. The molecule has 2 aromatic carbocycles. The summed E-state index contributed by atoms with van der Waals surface area (Å²) in [6.45, 7) is 5.48. The van der Waals surface area contributed by atoms with E-state index >= 15 is 0 Å². The van der Waals surface area contributed by atoms with Crippen LogP contribution in [0.15, 0.2) is 42.5 Å². The summed E-state index contributed by atoms with van der Waals surface area (Å²) >= 11 is 5.21. The second kappa shape index (κ2) is 10.2. The number of hydrogen-bond acceptors (Lipinski definition) is 4. The zero-order valence-corrected chi connectivity index (χ0v) is 18.8. The van der Waals surface area contributed by atoms with Gasteiger partial charge in [-0.15, -0.1) is 0 Å². The Morgan fingerprint density at radius 1 is 1.16 bits per heavy atom. The van der Waals surface area contributed by atoms with Crippen molar-refractivity contribution in [3.8, 4) is 5.75 Å². The van der Waals surface area contributed by atoms with Crippen molar-refractivity contribution in [3.63, 3.8) is 0 Å². The standard InChI is InChI=1S/C23H26F3N3O2S/c1-3-15(2)31-18-9-6-16(7-10-18)21(30)28-22(32)27-19-14-17(23(24,25)26)8-11-20(19)29-12-4-5-13-29/h6-11,14-15H,3-5,12-13H2,1-2H3,(H2,27,28,30,32)/t15-/m1/s1. The molecule has 0 unspecified atom stereocenters. The van der Waals surface area contributed by atoms with Crippen molar-refractivity contribution in [3.05, 3.63) is 53.6 Å². The summed E-state index contributed by atoms with van der Waals surface area (Å²) < 4.78 is 45.4. The van der Waals surface area contributed by atoms with Crippen molar-refractivity contribution >= 4 is 34.6 Å². The van der Waals surface area contributed by atoms with Crippen molar-refractivity contribution in [2.24, 2.45) is 0 Å². The van der Waals surface area contributed by atoms with E-state index in [-0.39, 0.29) is 16.9 Å². The maximum Gasteiger partial charge on any atom is 0.416 e. The average molecular weight is 466 g/mol. The van der Waals surface area contributed by atoms with E-state index in [4.69, 9.17) is 17.0 Å². The molecule has 9 heteroatoms. The Morgan fingerprint density at radius 2 is 1.81 bits per heavy atom. The molecule has 32 heavy (non-hydrogen) atoms. The Hall–Kier alpha value is -2.81. The second-order valence-corrected chi connectivity index (χ2v) is 8.10. The number of hydrogen-bond donors (Lipinski definition) is 2. The number of anilines is 2. The van der Waals surface area contributed by atoms with Gasteiger partial charge in [-0.2, -0.15) is 13.2 Å². The van der Waals surface area contributed by atoms with E-state index in [0.29, 0.717) is 17.0 Å². The quantitative estimate of drug-likeness (QED) is 0.543. The Kier molecular flexibility index (Phi) is 7.60. The first-order chi connectivity index (χ1) is 15.2. The smallest absolute Gasteiger partial charge is 0.416 e. The molecule has 1 aliphatic rings. The lowest BCUT2D eigenvalue weighted by molar-refractivity contribution is -0.137. The number of carbonyl (C=O) groups is 1. The van der Waals surface area contributed by atoms with Crippen LogP contribution in [0.1, 0.15) is 49.0 Å². The van der Waals surface area contributed by atoms with Crippen molar-refractivity contribution in [2.75, 3.05) is 23.3 Å². The summed E-state index contributed by atoms with van der Waals surface area (Å²) in [5.74, 6) is 0.183. The highest BCUT2D eigenvalue weighted by atomic mass is 32.1. The molecule has 1 aliphatic heterocycles. The molecule has 0 aromatic heterocycles. The first-order valence-corrected chi connectivity index (χ1v) is 10.9. The number of benzene rings is 2. The number of nitrogens with one attached hydrogen (secondary N) is 2. The molecule has 0 radical (unpaired) electrons. The monoisotopic (exact) mass is 465 g/mol. The largest absolute Gasteiger partial charge is 0.491 e. The van der Waals surface area contributed by atoms with Gasteiger partial charge in [0.1, 0.15) is 5.75 Å². The number of nitrogens with zero attached hydrogens (tertiary/aromatic N) is 1. The number of halogens is 3. The predicted octanol–water partition coefficient (Wildman–Crippen LogP) is 5.61. The van der Waals surface area contributed by atoms with Crippen LogP contribution in [0.25, 0.3) is 0 Å². The SMILES string of the molecule is CC[C@@H](C)Oc1ccc(C(=O)NC(=S)Nc2cc(C(F)(F)F)ccc2N2CCCC2)cc1. The van der Waals surface area contributed by atoms with Gasteiger partial charge in [-0.3, -0.25) is 10.1 Å². The van der Waals surface area contributed by atoms with E-state index < -0.39 is 17.6 Å². The second-order valence-electron chi connectivity index (χ2n) is 7.69. The van der Waals surface area contributed by atoms with Crippen LogP contribution in [0.5, 0.6) is 5.75 Å². The molecule has 0 aliphatic carbocycles. The molecule has 0 bridgehead atoms. The maximum atomic E-state index is 13.2. The highest BCUT2D eigenvalue weighted by Gasteiger charge is 2.32. The number of ether oxygens (including phenoxy) is 1. The highest BCUT2D eigenvalue weighted by molar-refractivity contribution is 7.80. The Labute approximate surface area is 190 Å². The lowest BCUT2D eigenvalue weighted by Crippen LogP contribution is -2.34. The zero-order valence-electron chi connectivity index (χ0n) is 18.0. The molecule has 172 valence electrons. The third-order valence-corrected chi connectivity index (χ3v) is 5.48. The van der Waals surface area contributed by atoms with E-state index in [1.54, 1.807) is 24.3 Å². The minimum absolute atomic E-state index is 0.0590. The third-order valence-electron chi connectivity index (χ3n) is 5.27. The van der Waals surface area contributed by atoms with Gasteiger partial charge in [-0.05, 0) is 80.9 Å². The van der Waals surface area contributed by atoms with Crippen LogP contribution in [-0.4, -0.2) is 30.2 Å². The molecular formula is C23H26F3N3O2S. The van der Waals surface area contributed by atoms with E-state index in [9.17, 15) is 18.0 Å². The van der Waals surface area contributed by atoms with Gasteiger partial charge in [-0.1, -0.05) is 6.92 Å². The molecule has 2 aromatic rings.